The third-order valence-electron chi connectivity index (χ3n) is 4.36. The summed E-state index contributed by atoms with van der Waals surface area (Å²) in [7, 11) is 0. The highest BCUT2D eigenvalue weighted by Crippen LogP contribution is 2.28. The molecular formula is C19H26ClN3O3. The summed E-state index contributed by atoms with van der Waals surface area (Å²) in [6, 6.07) is 4.90. The Kier molecular flexibility index (Phi) is 7.45. The van der Waals surface area contributed by atoms with Crippen molar-refractivity contribution in [3.05, 3.63) is 28.8 Å². The number of hydrogen-bond acceptors (Lipinski definition) is 3. The fourth-order valence-electron chi connectivity index (χ4n) is 2.62. The predicted molar refractivity (Wildman–Crippen MR) is 102 cm³/mol. The van der Waals surface area contributed by atoms with Crippen LogP contribution in [0, 0.1) is 5.92 Å². The van der Waals surface area contributed by atoms with Gasteiger partial charge in [-0.1, -0.05) is 11.6 Å². The fourth-order valence-corrected chi connectivity index (χ4v) is 2.88. The maximum atomic E-state index is 12.4. The van der Waals surface area contributed by atoms with E-state index < -0.39 is 0 Å². The van der Waals surface area contributed by atoms with Crippen molar-refractivity contribution in [2.45, 2.75) is 39.5 Å². The van der Waals surface area contributed by atoms with Crippen molar-refractivity contribution in [3.8, 4) is 0 Å². The van der Waals surface area contributed by atoms with E-state index in [9.17, 15) is 14.4 Å². The Labute approximate surface area is 159 Å². The summed E-state index contributed by atoms with van der Waals surface area (Å²) < 4.78 is 0. The molecule has 0 spiro atoms. The number of nitrogens with one attached hydrogen (secondary N) is 2. The van der Waals surface area contributed by atoms with E-state index in [1.54, 1.807) is 23.1 Å². The lowest BCUT2D eigenvalue weighted by atomic mass is 10.1. The van der Waals surface area contributed by atoms with Crippen LogP contribution in [0.25, 0.3) is 0 Å². The Morgan fingerprint density at radius 3 is 2.46 bits per heavy atom. The third kappa shape index (κ3) is 5.73. The number of carbonyl (C=O) groups excluding carboxylic acids is 3. The molecule has 0 unspecified atom stereocenters. The maximum Gasteiger partial charge on any atom is 0.255 e. The first kappa shape index (κ1) is 20.2. The summed E-state index contributed by atoms with van der Waals surface area (Å²) in [6.07, 6.45) is 2.83. The molecule has 0 saturated heterocycles. The lowest BCUT2D eigenvalue weighted by molar-refractivity contribution is -0.122. The number of amides is 3. The van der Waals surface area contributed by atoms with Crippen LogP contribution in [0.4, 0.5) is 5.69 Å². The lowest BCUT2D eigenvalue weighted by Crippen LogP contribution is -2.30. The van der Waals surface area contributed by atoms with Gasteiger partial charge in [-0.05, 0) is 51.3 Å². The van der Waals surface area contributed by atoms with Gasteiger partial charge in [0.05, 0.1) is 10.6 Å². The zero-order valence-electron chi connectivity index (χ0n) is 15.3. The molecule has 1 aliphatic rings. The Morgan fingerprint density at radius 1 is 1.19 bits per heavy atom. The van der Waals surface area contributed by atoms with Crippen LogP contribution in [-0.2, 0) is 9.59 Å². The summed E-state index contributed by atoms with van der Waals surface area (Å²) in [5, 5.41) is 5.92. The molecule has 6 nitrogen and oxygen atoms in total. The van der Waals surface area contributed by atoms with E-state index in [0.29, 0.717) is 48.7 Å². The van der Waals surface area contributed by atoms with E-state index in [1.165, 1.54) is 0 Å². The normalized spacial score (nSPS) is 13.2. The average molecular weight is 380 g/mol. The molecule has 0 atom stereocenters. The van der Waals surface area contributed by atoms with Crippen LogP contribution in [-0.4, -0.2) is 42.3 Å². The summed E-state index contributed by atoms with van der Waals surface area (Å²) in [5.74, 6) is 0.00280. The quantitative estimate of drug-likeness (QED) is 0.647. The van der Waals surface area contributed by atoms with E-state index in [1.807, 2.05) is 13.8 Å². The summed E-state index contributed by atoms with van der Waals surface area (Å²) in [5.41, 5.74) is 0.981. The zero-order valence-corrected chi connectivity index (χ0v) is 16.1. The number of anilines is 1. The van der Waals surface area contributed by atoms with Gasteiger partial charge in [-0.2, -0.15) is 0 Å². The van der Waals surface area contributed by atoms with Crippen LogP contribution in [0.1, 0.15) is 49.9 Å². The van der Waals surface area contributed by atoms with Gasteiger partial charge in [0, 0.05) is 37.7 Å². The van der Waals surface area contributed by atoms with Crippen LogP contribution < -0.4 is 10.6 Å². The van der Waals surface area contributed by atoms with Crippen molar-refractivity contribution < 1.29 is 14.4 Å². The summed E-state index contributed by atoms with van der Waals surface area (Å²) in [4.78, 5) is 37.5. The van der Waals surface area contributed by atoms with Gasteiger partial charge in [0.1, 0.15) is 0 Å². The van der Waals surface area contributed by atoms with Crippen LogP contribution in [0.15, 0.2) is 18.2 Å². The SMILES string of the molecule is CCN(CC)C(=O)c1ccc(NC(=O)CCCNC(=O)C2CC2)cc1Cl. The van der Waals surface area contributed by atoms with Crippen LogP contribution in [0.2, 0.25) is 5.02 Å². The van der Waals surface area contributed by atoms with Gasteiger partial charge in [0.15, 0.2) is 0 Å². The largest absolute Gasteiger partial charge is 0.356 e. The van der Waals surface area contributed by atoms with E-state index in [2.05, 4.69) is 10.6 Å². The van der Waals surface area contributed by atoms with Crippen molar-refractivity contribution in [1.82, 2.24) is 10.2 Å². The molecule has 3 amide bonds. The smallest absolute Gasteiger partial charge is 0.255 e. The zero-order chi connectivity index (χ0) is 19.1. The Morgan fingerprint density at radius 2 is 1.88 bits per heavy atom. The van der Waals surface area contributed by atoms with Gasteiger partial charge in [-0.3, -0.25) is 14.4 Å². The molecule has 1 fully saturated rings. The minimum absolute atomic E-state index is 0.0886. The van der Waals surface area contributed by atoms with E-state index in [0.717, 1.165) is 12.8 Å². The summed E-state index contributed by atoms with van der Waals surface area (Å²) in [6.45, 7) is 5.55. The first-order chi connectivity index (χ1) is 12.5. The van der Waals surface area contributed by atoms with Crippen molar-refractivity contribution >= 4 is 35.0 Å². The van der Waals surface area contributed by atoms with Gasteiger partial charge in [0.2, 0.25) is 11.8 Å². The second kappa shape index (κ2) is 9.57. The molecule has 0 aliphatic heterocycles. The second-order valence-electron chi connectivity index (χ2n) is 6.39. The fraction of sp³-hybridized carbons (Fsp3) is 0.526. The van der Waals surface area contributed by atoms with Crippen LogP contribution >= 0.6 is 11.6 Å². The van der Waals surface area contributed by atoms with Crippen molar-refractivity contribution in [3.63, 3.8) is 0 Å². The molecule has 0 aromatic heterocycles. The number of carbonyl (C=O) groups is 3. The molecule has 1 aliphatic carbocycles. The van der Waals surface area contributed by atoms with Crippen molar-refractivity contribution in [1.29, 1.82) is 0 Å². The predicted octanol–water partition coefficient (Wildman–Crippen LogP) is 3.07. The number of benzene rings is 1. The van der Waals surface area contributed by atoms with Gasteiger partial charge in [-0.15, -0.1) is 0 Å². The van der Waals surface area contributed by atoms with E-state index >= 15 is 0 Å². The van der Waals surface area contributed by atoms with Crippen molar-refractivity contribution in [2.24, 2.45) is 5.92 Å². The molecule has 7 heteroatoms. The number of hydrogen-bond donors (Lipinski definition) is 2. The minimum Gasteiger partial charge on any atom is -0.356 e. The standard InChI is InChI=1S/C19H26ClN3O3/c1-3-23(4-2)19(26)15-10-9-14(12-16(15)20)22-17(24)6-5-11-21-18(25)13-7-8-13/h9-10,12-13H,3-8,11H2,1-2H3,(H,21,25)(H,22,24). The molecule has 0 heterocycles. The lowest BCUT2D eigenvalue weighted by Gasteiger charge is -2.19. The molecule has 2 rings (SSSR count). The first-order valence-corrected chi connectivity index (χ1v) is 9.50. The molecule has 26 heavy (non-hydrogen) atoms. The van der Waals surface area contributed by atoms with Gasteiger partial charge < -0.3 is 15.5 Å². The highest BCUT2D eigenvalue weighted by atomic mass is 35.5. The highest BCUT2D eigenvalue weighted by Gasteiger charge is 2.29. The monoisotopic (exact) mass is 379 g/mol. The average Bonchev–Trinajstić information content (AvgIpc) is 3.44. The third-order valence-corrected chi connectivity index (χ3v) is 4.67. The molecule has 0 bridgehead atoms. The molecule has 1 saturated carbocycles. The number of halogens is 1. The topological polar surface area (TPSA) is 78.5 Å². The maximum absolute atomic E-state index is 12.4. The van der Waals surface area contributed by atoms with Crippen LogP contribution in [0.3, 0.4) is 0 Å². The molecule has 142 valence electrons. The van der Waals surface area contributed by atoms with E-state index in [-0.39, 0.29) is 23.6 Å². The number of nitrogens with zero attached hydrogens (tertiary/aromatic N) is 1. The first-order valence-electron chi connectivity index (χ1n) is 9.12. The Hall–Kier alpha value is -2.08. The molecule has 2 N–H and O–H groups in total. The van der Waals surface area contributed by atoms with Gasteiger partial charge >= 0.3 is 0 Å². The summed E-state index contributed by atoms with van der Waals surface area (Å²) >= 11 is 6.22. The van der Waals surface area contributed by atoms with Gasteiger partial charge in [-0.25, -0.2) is 0 Å². The minimum atomic E-state index is -0.149. The highest BCUT2D eigenvalue weighted by molar-refractivity contribution is 6.34. The molecular weight excluding hydrogens is 354 g/mol. The van der Waals surface area contributed by atoms with Gasteiger partial charge in [0.25, 0.3) is 5.91 Å². The van der Waals surface area contributed by atoms with E-state index in [4.69, 9.17) is 11.6 Å². The Balaban J connectivity index is 1.81. The second-order valence-corrected chi connectivity index (χ2v) is 6.80. The van der Waals surface area contributed by atoms with Crippen molar-refractivity contribution in [2.75, 3.05) is 25.0 Å². The van der Waals surface area contributed by atoms with Crippen LogP contribution in [0.5, 0.6) is 0 Å². The Bertz CT molecular complexity index is 670. The molecule has 0 radical (unpaired) electrons. The molecule has 1 aromatic carbocycles. The molecule has 1 aromatic rings. The number of rotatable bonds is 9.